The molecule has 2 aliphatic rings. The average Bonchev–Trinajstić information content (AvgIpc) is 3.86. The Bertz CT molecular complexity index is 3600. The number of nitrogens with zero attached hydrogens (tertiary/aromatic N) is 4. The predicted octanol–water partition coefficient (Wildman–Crippen LogP) is 14.6. The minimum atomic E-state index is 0.161. The van der Waals surface area contributed by atoms with Gasteiger partial charge < -0.3 is 4.90 Å². The molecule has 1 aliphatic carbocycles. The van der Waals surface area contributed by atoms with Gasteiger partial charge in [-0.3, -0.25) is 4.57 Å². The van der Waals surface area contributed by atoms with Crippen molar-refractivity contribution in [2.75, 3.05) is 4.90 Å². The molecule has 1 aliphatic heterocycles. The minimum absolute atomic E-state index is 0.161. The van der Waals surface area contributed by atoms with E-state index in [1.54, 1.807) is 0 Å². The molecule has 4 heteroatoms. The van der Waals surface area contributed by atoms with Gasteiger partial charge in [-0.05, 0) is 104 Å². The topological polar surface area (TPSA) is 34.0 Å². The number of rotatable bonds is 5. The number of benzene rings is 9. The highest BCUT2D eigenvalue weighted by Crippen LogP contribution is 2.57. The molecule has 2 unspecified atom stereocenters. The maximum absolute atomic E-state index is 5.45. The first-order valence-electron chi connectivity index (χ1n) is 21.4. The Balaban J connectivity index is 0.962. The molecule has 4 nitrogen and oxygen atoms in total. The molecular formula is C58H38N4. The maximum atomic E-state index is 5.45. The van der Waals surface area contributed by atoms with E-state index in [9.17, 15) is 0 Å². The largest absolute Gasteiger partial charge is 0.333 e. The van der Waals surface area contributed by atoms with E-state index in [0.29, 0.717) is 5.95 Å². The number of hydrogen-bond acceptors (Lipinski definition) is 3. The molecule has 2 atom stereocenters. The van der Waals surface area contributed by atoms with Gasteiger partial charge in [-0.25, -0.2) is 9.97 Å². The summed E-state index contributed by atoms with van der Waals surface area (Å²) in [6, 6.07) is 76.9. The fourth-order valence-corrected chi connectivity index (χ4v) is 10.3. The van der Waals surface area contributed by atoms with Crippen LogP contribution in [0.15, 0.2) is 218 Å². The van der Waals surface area contributed by atoms with Gasteiger partial charge in [0, 0.05) is 39.0 Å². The lowest BCUT2D eigenvalue weighted by Crippen LogP contribution is -2.25. The van der Waals surface area contributed by atoms with Crippen molar-refractivity contribution in [3.8, 4) is 28.3 Å². The van der Waals surface area contributed by atoms with Crippen LogP contribution in [0, 0.1) is 0 Å². The van der Waals surface area contributed by atoms with Crippen LogP contribution < -0.4 is 4.90 Å². The first-order valence-corrected chi connectivity index (χ1v) is 21.4. The summed E-state index contributed by atoms with van der Waals surface area (Å²) >= 11 is 0. The molecule has 13 rings (SSSR count). The van der Waals surface area contributed by atoms with Crippen LogP contribution in [0.5, 0.6) is 0 Å². The van der Waals surface area contributed by atoms with Crippen LogP contribution in [0.3, 0.4) is 0 Å². The van der Waals surface area contributed by atoms with E-state index < -0.39 is 0 Å². The normalized spacial score (nSPS) is 15.5. The highest BCUT2D eigenvalue weighted by molar-refractivity contribution is 6.10. The van der Waals surface area contributed by atoms with Crippen LogP contribution in [0.2, 0.25) is 0 Å². The van der Waals surface area contributed by atoms with E-state index in [4.69, 9.17) is 9.97 Å². The van der Waals surface area contributed by atoms with Crippen molar-refractivity contribution in [2.24, 2.45) is 0 Å². The Morgan fingerprint density at radius 2 is 1.06 bits per heavy atom. The smallest absolute Gasteiger partial charge is 0.235 e. The van der Waals surface area contributed by atoms with Gasteiger partial charge in [0.1, 0.15) is 0 Å². The molecule has 11 aromatic rings. The molecule has 290 valence electrons. The second kappa shape index (κ2) is 13.7. The fourth-order valence-electron chi connectivity index (χ4n) is 10.3. The summed E-state index contributed by atoms with van der Waals surface area (Å²) in [5.74, 6) is 0.851. The van der Waals surface area contributed by atoms with Crippen LogP contribution in [-0.4, -0.2) is 14.5 Å². The Hall–Kier alpha value is -8.08. The summed E-state index contributed by atoms with van der Waals surface area (Å²) in [6.45, 7) is 0. The molecule has 0 spiro atoms. The van der Waals surface area contributed by atoms with Crippen LogP contribution >= 0.6 is 0 Å². The van der Waals surface area contributed by atoms with E-state index in [1.807, 2.05) is 0 Å². The zero-order chi connectivity index (χ0) is 40.7. The van der Waals surface area contributed by atoms with Gasteiger partial charge >= 0.3 is 0 Å². The quantitative estimate of drug-likeness (QED) is 0.174. The summed E-state index contributed by atoms with van der Waals surface area (Å²) in [7, 11) is 0. The Morgan fingerprint density at radius 3 is 1.92 bits per heavy atom. The molecule has 62 heavy (non-hydrogen) atoms. The number of aromatic nitrogens is 3. The van der Waals surface area contributed by atoms with Crippen molar-refractivity contribution in [3.05, 3.63) is 241 Å². The second-order valence-corrected chi connectivity index (χ2v) is 16.5. The first kappa shape index (κ1) is 34.8. The van der Waals surface area contributed by atoms with Crippen molar-refractivity contribution in [3.63, 3.8) is 0 Å². The molecule has 0 radical (unpaired) electrons. The zero-order valence-corrected chi connectivity index (χ0v) is 33.7. The van der Waals surface area contributed by atoms with Gasteiger partial charge in [-0.1, -0.05) is 164 Å². The van der Waals surface area contributed by atoms with Crippen LogP contribution in [-0.2, 0) is 0 Å². The van der Waals surface area contributed by atoms with E-state index in [-0.39, 0.29) is 12.0 Å². The standard InChI is InChI=1S/C58H38N4/c1-3-15-37(16-4-1)38-27-28-40-34-42(30-29-39(40)33-38)56-48-23-9-12-24-52(48)59-58(60-56)62-54-26-14-10-20-45(54)50-35-41(31-32-55(50)62)49-36-51-46-21-11-13-25-53(46)61(43-17-5-2-6-18-43)57(51)47-22-8-7-19-44(47)49/h1-36,51,57H. The van der Waals surface area contributed by atoms with E-state index in [1.165, 1.54) is 71.9 Å². The van der Waals surface area contributed by atoms with Crippen molar-refractivity contribution >= 4 is 60.4 Å². The Kier molecular flexibility index (Phi) is 7.70. The first-order chi connectivity index (χ1) is 30.7. The van der Waals surface area contributed by atoms with Crippen molar-refractivity contribution in [2.45, 2.75) is 12.0 Å². The van der Waals surface area contributed by atoms with Gasteiger partial charge in [0.05, 0.1) is 28.3 Å². The van der Waals surface area contributed by atoms with Gasteiger partial charge in [-0.15, -0.1) is 0 Å². The summed E-state index contributed by atoms with van der Waals surface area (Å²) < 4.78 is 2.25. The van der Waals surface area contributed by atoms with Gasteiger partial charge in [-0.2, -0.15) is 0 Å². The number of hydrogen-bond donors (Lipinski definition) is 0. The van der Waals surface area contributed by atoms with Gasteiger partial charge in [0.2, 0.25) is 5.95 Å². The third kappa shape index (κ3) is 5.33. The molecular weight excluding hydrogens is 753 g/mol. The third-order valence-corrected chi connectivity index (χ3v) is 13.1. The molecule has 0 amide bonds. The highest BCUT2D eigenvalue weighted by Gasteiger charge is 2.42. The van der Waals surface area contributed by atoms with E-state index >= 15 is 0 Å². The summed E-state index contributed by atoms with van der Waals surface area (Å²) in [5.41, 5.74) is 16.4. The second-order valence-electron chi connectivity index (χ2n) is 16.5. The summed E-state index contributed by atoms with van der Waals surface area (Å²) in [6.07, 6.45) is 2.53. The zero-order valence-electron chi connectivity index (χ0n) is 33.7. The molecule has 9 aromatic carbocycles. The lowest BCUT2D eigenvalue weighted by molar-refractivity contribution is 0.665. The van der Waals surface area contributed by atoms with E-state index in [0.717, 1.165) is 33.2 Å². The molecule has 0 N–H and O–H groups in total. The van der Waals surface area contributed by atoms with Crippen LogP contribution in [0.25, 0.3) is 77.4 Å². The van der Waals surface area contributed by atoms with Crippen molar-refractivity contribution in [1.82, 2.24) is 14.5 Å². The number of anilines is 2. The third-order valence-electron chi connectivity index (χ3n) is 13.1. The monoisotopic (exact) mass is 790 g/mol. The maximum Gasteiger partial charge on any atom is 0.235 e. The lowest BCUT2D eigenvalue weighted by Gasteiger charge is -2.35. The Morgan fingerprint density at radius 1 is 0.419 bits per heavy atom. The Labute approximate surface area is 359 Å². The SMILES string of the molecule is C1=C(c2ccc3c(c2)c2ccccc2n3-c2nc(-c3ccc4cc(-c5ccccc5)ccc4c3)c3ccccc3n2)c2ccccc2C2C1c1ccccc1N2c1ccccc1. The van der Waals surface area contributed by atoms with E-state index in [2.05, 4.69) is 228 Å². The summed E-state index contributed by atoms with van der Waals surface area (Å²) in [5, 5.41) is 5.75. The van der Waals surface area contributed by atoms with Crippen molar-refractivity contribution < 1.29 is 0 Å². The molecule has 3 heterocycles. The highest BCUT2D eigenvalue weighted by atomic mass is 15.2. The number of fused-ring (bicyclic) bond motifs is 10. The molecule has 0 saturated heterocycles. The predicted molar refractivity (Wildman–Crippen MR) is 256 cm³/mol. The van der Waals surface area contributed by atoms with Crippen LogP contribution in [0.4, 0.5) is 11.4 Å². The summed E-state index contributed by atoms with van der Waals surface area (Å²) in [4.78, 5) is 13.3. The number of para-hydroxylation sites is 4. The van der Waals surface area contributed by atoms with Crippen LogP contribution in [0.1, 0.15) is 34.2 Å². The van der Waals surface area contributed by atoms with Gasteiger partial charge in [0.25, 0.3) is 0 Å². The fraction of sp³-hybridized carbons (Fsp3) is 0.0345. The van der Waals surface area contributed by atoms with Crippen molar-refractivity contribution in [1.29, 1.82) is 0 Å². The average molecular weight is 791 g/mol. The molecule has 0 fully saturated rings. The van der Waals surface area contributed by atoms with Gasteiger partial charge in [0.15, 0.2) is 0 Å². The molecule has 0 bridgehead atoms. The molecule has 2 aromatic heterocycles. The molecule has 0 saturated carbocycles. The minimum Gasteiger partial charge on any atom is -0.333 e. The lowest BCUT2D eigenvalue weighted by atomic mass is 9.77.